The standard InChI is InChI=1S/C24H29N3O2/c1-16(2)19-8-5-6-9-20(19)23-17(3)25-27-13-7-12-26(24(23)27)15-18-10-11-22(29-4)21(28)14-18/h5-6,8-11,14,16,28H,7,12-13,15H2,1-4H3. The summed E-state index contributed by atoms with van der Waals surface area (Å²) in [4.78, 5) is 2.39. The average Bonchev–Trinajstić information content (AvgIpc) is 3.05. The molecule has 0 spiro atoms. The van der Waals surface area contributed by atoms with Crippen molar-refractivity contribution < 1.29 is 9.84 Å². The molecule has 4 rings (SSSR count). The lowest BCUT2D eigenvalue weighted by atomic mass is 9.92. The molecule has 0 fully saturated rings. The van der Waals surface area contributed by atoms with Crippen LogP contribution in [-0.2, 0) is 13.1 Å². The molecule has 0 saturated carbocycles. The summed E-state index contributed by atoms with van der Waals surface area (Å²) in [5.41, 5.74) is 5.97. The van der Waals surface area contributed by atoms with Gasteiger partial charge in [-0.25, -0.2) is 4.68 Å². The molecule has 1 aliphatic heterocycles. The minimum atomic E-state index is 0.178. The zero-order valence-electron chi connectivity index (χ0n) is 17.6. The van der Waals surface area contributed by atoms with Crippen LogP contribution in [0, 0.1) is 6.92 Å². The highest BCUT2D eigenvalue weighted by atomic mass is 16.5. The van der Waals surface area contributed by atoms with Gasteiger partial charge in [0.15, 0.2) is 11.5 Å². The third kappa shape index (κ3) is 3.57. The fourth-order valence-corrected chi connectivity index (χ4v) is 4.32. The predicted molar refractivity (Wildman–Crippen MR) is 117 cm³/mol. The quantitative estimate of drug-likeness (QED) is 0.657. The molecule has 1 aromatic heterocycles. The van der Waals surface area contributed by atoms with Crippen LogP contribution >= 0.6 is 0 Å². The molecule has 0 amide bonds. The lowest BCUT2D eigenvalue weighted by molar-refractivity contribution is 0.373. The summed E-state index contributed by atoms with van der Waals surface area (Å²) in [5.74, 6) is 2.30. The first-order valence-corrected chi connectivity index (χ1v) is 10.3. The van der Waals surface area contributed by atoms with Gasteiger partial charge in [-0.3, -0.25) is 0 Å². The summed E-state index contributed by atoms with van der Waals surface area (Å²) in [6.45, 7) is 9.21. The Morgan fingerprint density at radius 1 is 1.14 bits per heavy atom. The van der Waals surface area contributed by atoms with E-state index in [0.29, 0.717) is 11.7 Å². The fourth-order valence-electron chi connectivity index (χ4n) is 4.32. The molecule has 152 valence electrons. The van der Waals surface area contributed by atoms with Gasteiger partial charge in [0, 0.05) is 25.2 Å². The van der Waals surface area contributed by atoms with Gasteiger partial charge in [-0.2, -0.15) is 5.10 Å². The smallest absolute Gasteiger partial charge is 0.160 e. The van der Waals surface area contributed by atoms with Crippen molar-refractivity contribution in [2.75, 3.05) is 18.6 Å². The number of phenolic OH excluding ortho intramolecular Hbond substituents is 1. The number of fused-ring (bicyclic) bond motifs is 1. The van der Waals surface area contributed by atoms with Crippen LogP contribution in [-0.4, -0.2) is 28.5 Å². The molecule has 1 N–H and O–H groups in total. The molecule has 2 aromatic carbocycles. The largest absolute Gasteiger partial charge is 0.504 e. The van der Waals surface area contributed by atoms with Crippen molar-refractivity contribution in [1.82, 2.24) is 9.78 Å². The predicted octanol–water partition coefficient (Wildman–Crippen LogP) is 5.11. The Bertz CT molecular complexity index is 1020. The fraction of sp³-hybridized carbons (Fsp3) is 0.375. The second-order valence-electron chi connectivity index (χ2n) is 8.03. The van der Waals surface area contributed by atoms with E-state index in [1.807, 2.05) is 12.1 Å². The van der Waals surface area contributed by atoms with Crippen molar-refractivity contribution in [2.24, 2.45) is 0 Å². The van der Waals surface area contributed by atoms with E-state index in [2.05, 4.69) is 54.6 Å². The summed E-state index contributed by atoms with van der Waals surface area (Å²) < 4.78 is 7.33. The van der Waals surface area contributed by atoms with Gasteiger partial charge in [0.05, 0.1) is 12.8 Å². The van der Waals surface area contributed by atoms with Crippen molar-refractivity contribution in [3.63, 3.8) is 0 Å². The van der Waals surface area contributed by atoms with E-state index in [4.69, 9.17) is 9.84 Å². The van der Waals surface area contributed by atoms with Crippen molar-refractivity contribution in [3.05, 3.63) is 59.3 Å². The van der Waals surface area contributed by atoms with Crippen molar-refractivity contribution >= 4 is 5.82 Å². The lowest BCUT2D eigenvalue weighted by Gasteiger charge is -2.31. The van der Waals surface area contributed by atoms with E-state index in [0.717, 1.165) is 37.3 Å². The molecule has 1 aliphatic rings. The molecule has 0 unspecified atom stereocenters. The number of phenols is 1. The van der Waals surface area contributed by atoms with E-state index >= 15 is 0 Å². The number of aromatic nitrogens is 2. The lowest BCUT2D eigenvalue weighted by Crippen LogP contribution is -2.32. The molecule has 29 heavy (non-hydrogen) atoms. The zero-order valence-corrected chi connectivity index (χ0v) is 17.6. The number of rotatable bonds is 5. The summed E-state index contributed by atoms with van der Waals surface area (Å²) in [5, 5.41) is 15.1. The molecule has 3 aromatic rings. The number of methoxy groups -OCH3 is 1. The van der Waals surface area contributed by atoms with E-state index in [-0.39, 0.29) is 5.75 Å². The third-order valence-corrected chi connectivity index (χ3v) is 5.67. The maximum atomic E-state index is 10.2. The monoisotopic (exact) mass is 391 g/mol. The first-order chi connectivity index (χ1) is 14.0. The number of ether oxygens (including phenoxy) is 1. The molecule has 0 saturated heterocycles. The Hall–Kier alpha value is -2.95. The number of anilines is 1. The Morgan fingerprint density at radius 3 is 2.66 bits per heavy atom. The summed E-state index contributed by atoms with van der Waals surface area (Å²) in [6.07, 6.45) is 1.06. The van der Waals surface area contributed by atoms with Crippen molar-refractivity contribution in [3.8, 4) is 22.6 Å². The highest BCUT2D eigenvalue weighted by Crippen LogP contribution is 2.40. The molecular formula is C24H29N3O2. The van der Waals surface area contributed by atoms with Crippen LogP contribution in [0.15, 0.2) is 42.5 Å². The number of nitrogens with zero attached hydrogens (tertiary/aromatic N) is 3. The van der Waals surface area contributed by atoms with E-state index < -0.39 is 0 Å². The summed E-state index contributed by atoms with van der Waals surface area (Å²) in [6, 6.07) is 14.3. The van der Waals surface area contributed by atoms with Gasteiger partial charge in [-0.05, 0) is 48.1 Å². The number of benzene rings is 2. The first-order valence-electron chi connectivity index (χ1n) is 10.3. The number of aryl methyl sites for hydroxylation is 2. The van der Waals surface area contributed by atoms with Gasteiger partial charge >= 0.3 is 0 Å². The topological polar surface area (TPSA) is 50.5 Å². The van der Waals surface area contributed by atoms with Crippen LogP contribution in [0.4, 0.5) is 5.82 Å². The normalized spacial score (nSPS) is 13.6. The van der Waals surface area contributed by atoms with Gasteiger partial charge in [0.2, 0.25) is 0 Å². The van der Waals surface area contributed by atoms with Crippen LogP contribution in [0.5, 0.6) is 11.5 Å². The minimum Gasteiger partial charge on any atom is -0.504 e. The third-order valence-electron chi connectivity index (χ3n) is 5.67. The molecule has 5 heteroatoms. The molecule has 0 radical (unpaired) electrons. The number of aromatic hydroxyl groups is 1. The van der Waals surface area contributed by atoms with Crippen molar-refractivity contribution in [2.45, 2.75) is 46.2 Å². The molecule has 0 atom stereocenters. The first kappa shape index (κ1) is 19.4. The molecule has 2 heterocycles. The molecule has 0 aliphatic carbocycles. The van der Waals surface area contributed by atoms with Gasteiger partial charge < -0.3 is 14.7 Å². The Balaban J connectivity index is 1.77. The maximum Gasteiger partial charge on any atom is 0.160 e. The average molecular weight is 392 g/mol. The van der Waals surface area contributed by atoms with Gasteiger partial charge in [-0.1, -0.05) is 44.2 Å². The minimum absolute atomic E-state index is 0.178. The Kier molecular flexibility index (Phi) is 5.22. The van der Waals surface area contributed by atoms with Gasteiger partial charge in [-0.15, -0.1) is 0 Å². The van der Waals surface area contributed by atoms with E-state index in [1.165, 1.54) is 22.5 Å². The van der Waals surface area contributed by atoms with Crippen LogP contribution in [0.1, 0.15) is 43.0 Å². The molecule has 0 bridgehead atoms. The molecule has 5 nitrogen and oxygen atoms in total. The highest BCUT2D eigenvalue weighted by Gasteiger charge is 2.27. The Morgan fingerprint density at radius 2 is 1.93 bits per heavy atom. The Labute approximate surface area is 172 Å². The molecular weight excluding hydrogens is 362 g/mol. The van der Waals surface area contributed by atoms with E-state index in [9.17, 15) is 5.11 Å². The van der Waals surface area contributed by atoms with Crippen LogP contribution in [0.25, 0.3) is 11.1 Å². The van der Waals surface area contributed by atoms with Gasteiger partial charge in [0.1, 0.15) is 5.82 Å². The number of hydrogen-bond acceptors (Lipinski definition) is 4. The van der Waals surface area contributed by atoms with Crippen LogP contribution in [0.3, 0.4) is 0 Å². The maximum absolute atomic E-state index is 10.2. The SMILES string of the molecule is COc1ccc(CN2CCCn3nc(C)c(-c4ccccc4C(C)C)c32)cc1O. The second-order valence-corrected chi connectivity index (χ2v) is 8.03. The highest BCUT2D eigenvalue weighted by molar-refractivity contribution is 5.81. The van der Waals surface area contributed by atoms with Crippen molar-refractivity contribution in [1.29, 1.82) is 0 Å². The zero-order chi connectivity index (χ0) is 20.5. The van der Waals surface area contributed by atoms with E-state index in [1.54, 1.807) is 13.2 Å². The summed E-state index contributed by atoms with van der Waals surface area (Å²) >= 11 is 0. The number of hydrogen-bond donors (Lipinski definition) is 1. The summed E-state index contributed by atoms with van der Waals surface area (Å²) in [7, 11) is 1.57. The van der Waals surface area contributed by atoms with Crippen LogP contribution in [0.2, 0.25) is 0 Å². The van der Waals surface area contributed by atoms with Gasteiger partial charge in [0.25, 0.3) is 0 Å². The van der Waals surface area contributed by atoms with Crippen LogP contribution < -0.4 is 9.64 Å². The second kappa shape index (κ2) is 7.82.